The van der Waals surface area contributed by atoms with E-state index in [-0.39, 0.29) is 12.1 Å². The van der Waals surface area contributed by atoms with Crippen molar-refractivity contribution < 1.29 is 5.11 Å². The van der Waals surface area contributed by atoms with E-state index >= 15 is 0 Å². The highest BCUT2D eigenvalue weighted by molar-refractivity contribution is 6.30. The fourth-order valence-electron chi connectivity index (χ4n) is 2.83. The molecule has 2 aliphatic heterocycles. The molecule has 1 aromatic heterocycles. The smallest absolute Gasteiger partial charge is 0.225 e. The number of aliphatic hydroxyl groups excluding tert-OH is 1. The first-order valence-electron chi connectivity index (χ1n) is 6.38. The van der Waals surface area contributed by atoms with E-state index in [9.17, 15) is 5.11 Å². The normalized spacial score (nSPS) is 29.1. The molecule has 98 valence electrons. The van der Waals surface area contributed by atoms with Gasteiger partial charge in [0.05, 0.1) is 29.6 Å². The quantitative estimate of drug-likeness (QED) is 0.859. The second-order valence-corrected chi connectivity index (χ2v) is 5.42. The Kier molecular flexibility index (Phi) is 3.37. The van der Waals surface area contributed by atoms with Crippen LogP contribution < -0.4 is 4.90 Å². The number of aliphatic hydroxyl groups is 1. The first-order valence-corrected chi connectivity index (χ1v) is 6.76. The lowest BCUT2D eigenvalue weighted by Gasteiger charge is -2.25. The molecule has 0 aromatic carbocycles. The molecule has 6 heteroatoms. The molecular formula is C12H17ClN4O. The minimum Gasteiger partial charge on any atom is -0.390 e. The summed E-state index contributed by atoms with van der Waals surface area (Å²) in [5.74, 6) is 0.653. The Balaban J connectivity index is 1.71. The number of β-amino-alcohol motifs (C(OH)–C–C–N with tert-alkyl or cyclic N) is 1. The summed E-state index contributed by atoms with van der Waals surface area (Å²) in [6, 6.07) is 0.215. The average Bonchev–Trinajstić information content (AvgIpc) is 2.99. The summed E-state index contributed by atoms with van der Waals surface area (Å²) in [7, 11) is 0. The van der Waals surface area contributed by atoms with Gasteiger partial charge in [0.2, 0.25) is 5.95 Å². The number of aromatic nitrogens is 2. The zero-order valence-corrected chi connectivity index (χ0v) is 10.9. The highest BCUT2D eigenvalue weighted by Crippen LogP contribution is 2.23. The minimum absolute atomic E-state index is 0.215. The van der Waals surface area contributed by atoms with Gasteiger partial charge in [0, 0.05) is 13.1 Å². The highest BCUT2D eigenvalue weighted by atomic mass is 35.5. The summed E-state index contributed by atoms with van der Waals surface area (Å²) in [6.45, 7) is 3.58. The molecule has 0 saturated carbocycles. The Bertz CT molecular complexity index is 407. The third-order valence-electron chi connectivity index (χ3n) is 3.76. The Morgan fingerprint density at radius 1 is 1.17 bits per heavy atom. The molecule has 1 N–H and O–H groups in total. The van der Waals surface area contributed by atoms with Gasteiger partial charge in [-0.05, 0) is 25.9 Å². The van der Waals surface area contributed by atoms with Gasteiger partial charge in [-0.15, -0.1) is 0 Å². The number of hydrogen-bond donors (Lipinski definition) is 1. The number of nitrogens with zero attached hydrogens (tertiary/aromatic N) is 4. The molecule has 3 rings (SSSR count). The number of hydrogen-bond acceptors (Lipinski definition) is 5. The Morgan fingerprint density at radius 2 is 1.83 bits per heavy atom. The van der Waals surface area contributed by atoms with Crippen LogP contribution >= 0.6 is 11.6 Å². The van der Waals surface area contributed by atoms with Crippen LogP contribution in [0.3, 0.4) is 0 Å². The molecule has 2 saturated heterocycles. The summed E-state index contributed by atoms with van der Waals surface area (Å²) in [4.78, 5) is 12.8. The van der Waals surface area contributed by atoms with Crippen LogP contribution in [-0.2, 0) is 0 Å². The van der Waals surface area contributed by atoms with E-state index in [0.717, 1.165) is 19.6 Å². The van der Waals surface area contributed by atoms with Crippen LogP contribution in [0.25, 0.3) is 0 Å². The van der Waals surface area contributed by atoms with Crippen molar-refractivity contribution in [3.63, 3.8) is 0 Å². The van der Waals surface area contributed by atoms with E-state index in [2.05, 4.69) is 14.9 Å². The number of anilines is 1. The summed E-state index contributed by atoms with van der Waals surface area (Å²) < 4.78 is 0. The van der Waals surface area contributed by atoms with Crippen molar-refractivity contribution in [3.8, 4) is 0 Å². The molecule has 18 heavy (non-hydrogen) atoms. The van der Waals surface area contributed by atoms with E-state index in [0.29, 0.717) is 17.5 Å². The Labute approximate surface area is 111 Å². The van der Waals surface area contributed by atoms with E-state index in [1.54, 1.807) is 12.4 Å². The molecule has 0 aliphatic carbocycles. The third-order valence-corrected chi connectivity index (χ3v) is 3.95. The molecule has 2 fully saturated rings. The SMILES string of the molecule is OC1CN(c2ncc(Cl)cn2)CC1N1CCCC1. The van der Waals surface area contributed by atoms with Gasteiger partial charge in [0.15, 0.2) is 0 Å². The van der Waals surface area contributed by atoms with E-state index in [4.69, 9.17) is 11.6 Å². The van der Waals surface area contributed by atoms with Crippen LogP contribution in [0.5, 0.6) is 0 Å². The van der Waals surface area contributed by atoms with Gasteiger partial charge < -0.3 is 10.0 Å². The van der Waals surface area contributed by atoms with Gasteiger partial charge in [-0.1, -0.05) is 11.6 Å². The predicted molar refractivity (Wildman–Crippen MR) is 69.9 cm³/mol. The van der Waals surface area contributed by atoms with Crippen molar-refractivity contribution in [2.45, 2.75) is 25.0 Å². The average molecular weight is 269 g/mol. The van der Waals surface area contributed by atoms with Gasteiger partial charge in [-0.3, -0.25) is 4.90 Å². The Hall–Kier alpha value is -0.910. The molecule has 2 aliphatic rings. The van der Waals surface area contributed by atoms with Crippen LogP contribution in [0.4, 0.5) is 5.95 Å². The van der Waals surface area contributed by atoms with Crippen molar-refractivity contribution in [2.24, 2.45) is 0 Å². The zero-order chi connectivity index (χ0) is 12.5. The minimum atomic E-state index is -0.317. The standard InChI is InChI=1S/C12H17ClN4O/c13-9-5-14-12(15-6-9)17-7-10(11(18)8-17)16-3-1-2-4-16/h5-6,10-11,18H,1-4,7-8H2. The van der Waals surface area contributed by atoms with Gasteiger partial charge in [-0.25, -0.2) is 9.97 Å². The predicted octanol–water partition coefficient (Wildman–Crippen LogP) is 0.775. The third kappa shape index (κ3) is 2.30. The molecule has 3 heterocycles. The molecule has 0 amide bonds. The molecule has 0 spiro atoms. The van der Waals surface area contributed by atoms with E-state index in [1.807, 2.05) is 4.90 Å². The van der Waals surface area contributed by atoms with E-state index < -0.39 is 0 Å². The van der Waals surface area contributed by atoms with Gasteiger partial charge in [-0.2, -0.15) is 0 Å². The van der Waals surface area contributed by atoms with Crippen LogP contribution in [0.2, 0.25) is 5.02 Å². The highest BCUT2D eigenvalue weighted by Gasteiger charge is 2.37. The first kappa shape index (κ1) is 12.1. The fourth-order valence-corrected chi connectivity index (χ4v) is 2.93. The first-order chi connectivity index (χ1) is 8.74. The number of likely N-dealkylation sites (tertiary alicyclic amines) is 1. The molecule has 0 bridgehead atoms. The van der Waals surface area contributed by atoms with Crippen LogP contribution in [-0.4, -0.2) is 58.3 Å². The monoisotopic (exact) mass is 268 g/mol. The summed E-state index contributed by atoms with van der Waals surface area (Å²) in [5.41, 5.74) is 0. The van der Waals surface area contributed by atoms with Gasteiger partial charge in [0.25, 0.3) is 0 Å². The van der Waals surface area contributed by atoms with Crippen LogP contribution in [0, 0.1) is 0 Å². The molecule has 2 atom stereocenters. The van der Waals surface area contributed by atoms with Crippen molar-refractivity contribution in [2.75, 3.05) is 31.1 Å². The largest absolute Gasteiger partial charge is 0.390 e. The van der Waals surface area contributed by atoms with Crippen LogP contribution in [0.15, 0.2) is 12.4 Å². The van der Waals surface area contributed by atoms with Gasteiger partial charge in [0.1, 0.15) is 0 Å². The Morgan fingerprint density at radius 3 is 2.50 bits per heavy atom. The topological polar surface area (TPSA) is 52.5 Å². The van der Waals surface area contributed by atoms with Crippen molar-refractivity contribution in [1.82, 2.24) is 14.9 Å². The second-order valence-electron chi connectivity index (χ2n) is 4.98. The summed E-state index contributed by atoms with van der Waals surface area (Å²) >= 11 is 5.78. The number of rotatable bonds is 2. The molecule has 1 aromatic rings. The summed E-state index contributed by atoms with van der Waals surface area (Å²) in [6.07, 6.45) is 5.35. The second kappa shape index (κ2) is 4.99. The van der Waals surface area contributed by atoms with Crippen molar-refractivity contribution in [1.29, 1.82) is 0 Å². The summed E-state index contributed by atoms with van der Waals surface area (Å²) in [5, 5.41) is 10.7. The fraction of sp³-hybridized carbons (Fsp3) is 0.667. The zero-order valence-electron chi connectivity index (χ0n) is 10.2. The molecule has 5 nitrogen and oxygen atoms in total. The maximum atomic E-state index is 10.2. The lowest BCUT2D eigenvalue weighted by Crippen LogP contribution is -2.41. The number of halogens is 1. The molecule has 2 unspecified atom stereocenters. The maximum Gasteiger partial charge on any atom is 0.225 e. The van der Waals surface area contributed by atoms with E-state index in [1.165, 1.54) is 12.8 Å². The van der Waals surface area contributed by atoms with Crippen molar-refractivity contribution in [3.05, 3.63) is 17.4 Å². The molecule has 0 radical (unpaired) electrons. The van der Waals surface area contributed by atoms with Crippen LogP contribution in [0.1, 0.15) is 12.8 Å². The lowest BCUT2D eigenvalue weighted by atomic mass is 10.2. The lowest BCUT2D eigenvalue weighted by molar-refractivity contribution is 0.0986. The van der Waals surface area contributed by atoms with Gasteiger partial charge >= 0.3 is 0 Å². The van der Waals surface area contributed by atoms with Crippen molar-refractivity contribution >= 4 is 17.5 Å². The maximum absolute atomic E-state index is 10.2. The molecular weight excluding hydrogens is 252 g/mol.